The highest BCUT2D eigenvalue weighted by Gasteiger charge is 2.31. The number of nitrogens with zero attached hydrogens (tertiary/aromatic N) is 2. The Labute approximate surface area is 174 Å². The predicted molar refractivity (Wildman–Crippen MR) is 113 cm³/mol. The van der Waals surface area contributed by atoms with E-state index in [9.17, 15) is 14.4 Å². The number of H-pyrrole nitrogens is 1. The van der Waals surface area contributed by atoms with E-state index in [1.54, 1.807) is 4.90 Å². The Morgan fingerprint density at radius 1 is 1.10 bits per heavy atom. The van der Waals surface area contributed by atoms with Crippen LogP contribution in [0.15, 0.2) is 36.4 Å². The van der Waals surface area contributed by atoms with Gasteiger partial charge in [0.25, 0.3) is 5.91 Å². The monoisotopic (exact) mass is 401 g/mol. The zero-order valence-corrected chi connectivity index (χ0v) is 16.9. The van der Waals surface area contributed by atoms with Gasteiger partial charge in [-0.25, -0.2) is 0 Å². The summed E-state index contributed by atoms with van der Waals surface area (Å²) in [7, 11) is 0. The van der Waals surface area contributed by atoms with Gasteiger partial charge in [-0.05, 0) is 53.6 Å². The minimum Gasteiger partial charge on any atom is -0.337 e. The summed E-state index contributed by atoms with van der Waals surface area (Å²) in [6.07, 6.45) is 3.61. The minimum absolute atomic E-state index is 0.108. The van der Waals surface area contributed by atoms with Gasteiger partial charge in [0, 0.05) is 31.5 Å². The van der Waals surface area contributed by atoms with E-state index in [1.807, 2.05) is 18.2 Å². The molecular weight excluding hydrogens is 378 g/mol. The number of ketones is 2. The number of aryl methyl sites for hydroxylation is 2. The van der Waals surface area contributed by atoms with Crippen molar-refractivity contribution < 1.29 is 14.4 Å². The van der Waals surface area contributed by atoms with Crippen molar-refractivity contribution >= 4 is 28.2 Å². The molecule has 1 N–H and O–H groups in total. The Kier molecular flexibility index (Phi) is 4.50. The lowest BCUT2D eigenvalue weighted by Crippen LogP contribution is -2.42. The SMILES string of the molecule is CC(=O)c1cc(C(=O)N2CCC[C@H](C(=O)c3ccc4c5c(cccc35)CC4)C2)[nH]n1. The molecule has 1 saturated heterocycles. The van der Waals surface area contributed by atoms with Crippen molar-refractivity contribution in [2.75, 3.05) is 13.1 Å². The van der Waals surface area contributed by atoms with Crippen LogP contribution >= 0.6 is 0 Å². The van der Waals surface area contributed by atoms with Crippen molar-refractivity contribution in [3.63, 3.8) is 0 Å². The third-order valence-electron chi connectivity index (χ3n) is 6.39. The molecule has 2 aromatic carbocycles. The molecule has 3 aromatic rings. The van der Waals surface area contributed by atoms with Crippen LogP contribution in [0.5, 0.6) is 0 Å². The number of amides is 1. The molecule has 1 fully saturated rings. The van der Waals surface area contributed by atoms with Crippen LogP contribution in [0, 0.1) is 5.92 Å². The Morgan fingerprint density at radius 2 is 1.90 bits per heavy atom. The minimum atomic E-state index is -0.226. The first kappa shape index (κ1) is 18.7. The first-order chi connectivity index (χ1) is 14.5. The molecule has 6 heteroatoms. The maximum absolute atomic E-state index is 13.5. The van der Waals surface area contributed by atoms with Crippen LogP contribution in [0.3, 0.4) is 0 Å². The molecule has 1 aliphatic carbocycles. The quantitative estimate of drug-likeness (QED) is 0.677. The summed E-state index contributed by atoms with van der Waals surface area (Å²) in [4.78, 5) is 39.5. The highest BCUT2D eigenvalue weighted by Crippen LogP contribution is 2.34. The third-order valence-corrected chi connectivity index (χ3v) is 6.39. The predicted octanol–water partition coefficient (Wildman–Crippen LogP) is 3.60. The fourth-order valence-electron chi connectivity index (χ4n) is 4.84. The van der Waals surface area contributed by atoms with Gasteiger partial charge in [0.15, 0.2) is 11.6 Å². The third kappa shape index (κ3) is 3.03. The number of aromatic amines is 1. The fraction of sp³-hybridized carbons (Fsp3) is 0.333. The number of rotatable bonds is 4. The van der Waals surface area contributed by atoms with Gasteiger partial charge >= 0.3 is 0 Å². The van der Waals surface area contributed by atoms with Crippen LogP contribution in [0.2, 0.25) is 0 Å². The highest BCUT2D eigenvalue weighted by atomic mass is 16.2. The van der Waals surface area contributed by atoms with Crippen LogP contribution in [0.25, 0.3) is 10.8 Å². The maximum atomic E-state index is 13.5. The average molecular weight is 401 g/mol. The van der Waals surface area contributed by atoms with Gasteiger partial charge in [0.05, 0.1) is 0 Å². The molecule has 5 rings (SSSR count). The molecule has 0 unspecified atom stereocenters. The highest BCUT2D eigenvalue weighted by molar-refractivity contribution is 6.11. The van der Waals surface area contributed by atoms with Crippen LogP contribution < -0.4 is 0 Å². The van der Waals surface area contributed by atoms with E-state index < -0.39 is 0 Å². The zero-order chi connectivity index (χ0) is 20.8. The standard InChI is InChI=1S/C24H23N3O3/c1-14(28)20-12-21(26-25-20)24(30)27-11-3-5-17(13-27)23(29)19-10-9-16-8-7-15-4-2-6-18(19)22(15)16/h2,4,6,9-10,12,17H,3,5,7-8,11,13H2,1H3,(H,25,26)/t17-/m0/s1. The van der Waals surface area contributed by atoms with Crippen LogP contribution in [-0.2, 0) is 12.8 Å². The Balaban J connectivity index is 1.40. The molecule has 30 heavy (non-hydrogen) atoms. The normalized spacial score (nSPS) is 18.0. The average Bonchev–Trinajstić information content (AvgIpc) is 3.42. The molecule has 0 radical (unpaired) electrons. The second-order valence-corrected chi connectivity index (χ2v) is 8.29. The maximum Gasteiger partial charge on any atom is 0.271 e. The summed E-state index contributed by atoms with van der Waals surface area (Å²) >= 11 is 0. The van der Waals surface area contributed by atoms with Crippen LogP contribution in [0.4, 0.5) is 0 Å². The molecule has 2 aliphatic rings. The lowest BCUT2D eigenvalue weighted by atomic mass is 9.87. The van der Waals surface area contributed by atoms with E-state index in [0.717, 1.165) is 36.6 Å². The van der Waals surface area contributed by atoms with E-state index in [1.165, 1.54) is 29.5 Å². The first-order valence-corrected chi connectivity index (χ1v) is 10.5. The first-order valence-electron chi connectivity index (χ1n) is 10.5. The summed E-state index contributed by atoms with van der Waals surface area (Å²) in [5.41, 5.74) is 3.93. The number of hydrogen-bond acceptors (Lipinski definition) is 4. The number of carbonyl (C=O) groups excluding carboxylic acids is 3. The molecule has 1 atom stereocenters. The van der Waals surface area contributed by atoms with Gasteiger partial charge in [0.2, 0.25) is 0 Å². The van der Waals surface area contributed by atoms with E-state index in [0.29, 0.717) is 18.8 Å². The van der Waals surface area contributed by atoms with Gasteiger partial charge in [-0.3, -0.25) is 19.5 Å². The molecule has 152 valence electrons. The van der Waals surface area contributed by atoms with Crippen LogP contribution in [0.1, 0.15) is 62.2 Å². The number of hydrogen-bond donors (Lipinski definition) is 1. The van der Waals surface area contributed by atoms with Gasteiger partial charge in [-0.2, -0.15) is 5.10 Å². The van der Waals surface area contributed by atoms with E-state index in [-0.39, 0.29) is 29.1 Å². The van der Waals surface area contributed by atoms with E-state index in [2.05, 4.69) is 22.3 Å². The number of Topliss-reactive ketones (excluding diaryl/α,β-unsaturated/α-hetero) is 2. The summed E-state index contributed by atoms with van der Waals surface area (Å²) < 4.78 is 0. The van der Waals surface area contributed by atoms with Crippen molar-refractivity contribution in [2.45, 2.75) is 32.6 Å². The molecule has 1 amide bonds. The zero-order valence-electron chi connectivity index (χ0n) is 16.9. The van der Waals surface area contributed by atoms with E-state index >= 15 is 0 Å². The van der Waals surface area contributed by atoms with E-state index in [4.69, 9.17) is 0 Å². The molecular formula is C24H23N3O3. The van der Waals surface area contributed by atoms with Crippen molar-refractivity contribution in [2.24, 2.45) is 5.92 Å². The molecule has 2 heterocycles. The van der Waals surface area contributed by atoms with Crippen molar-refractivity contribution in [3.05, 3.63) is 64.5 Å². The molecule has 0 spiro atoms. The Bertz CT molecular complexity index is 1180. The summed E-state index contributed by atoms with van der Waals surface area (Å²) in [5, 5.41) is 8.83. The summed E-state index contributed by atoms with van der Waals surface area (Å²) in [6.45, 7) is 2.40. The molecule has 0 bridgehead atoms. The number of benzene rings is 2. The largest absolute Gasteiger partial charge is 0.337 e. The Hall–Kier alpha value is -3.28. The topological polar surface area (TPSA) is 83.1 Å². The van der Waals surface area contributed by atoms with Crippen molar-refractivity contribution in [3.8, 4) is 0 Å². The molecule has 0 saturated carbocycles. The van der Waals surface area contributed by atoms with Gasteiger partial charge in [0.1, 0.15) is 11.4 Å². The lowest BCUT2D eigenvalue weighted by Gasteiger charge is -2.32. The number of carbonyl (C=O) groups is 3. The van der Waals surface area contributed by atoms with Crippen molar-refractivity contribution in [1.82, 2.24) is 15.1 Å². The summed E-state index contributed by atoms with van der Waals surface area (Å²) in [5.74, 6) is -0.523. The summed E-state index contributed by atoms with van der Waals surface area (Å²) in [6, 6.07) is 11.8. The fourth-order valence-corrected chi connectivity index (χ4v) is 4.84. The molecule has 6 nitrogen and oxygen atoms in total. The number of aromatic nitrogens is 2. The second kappa shape index (κ2) is 7.20. The Morgan fingerprint density at radius 3 is 2.67 bits per heavy atom. The van der Waals surface area contributed by atoms with Gasteiger partial charge < -0.3 is 4.90 Å². The molecule has 1 aliphatic heterocycles. The number of piperidine rings is 1. The number of likely N-dealkylation sites (tertiary alicyclic amines) is 1. The molecule has 1 aromatic heterocycles. The van der Waals surface area contributed by atoms with Crippen LogP contribution in [-0.4, -0.2) is 45.7 Å². The smallest absolute Gasteiger partial charge is 0.271 e. The van der Waals surface area contributed by atoms with Crippen molar-refractivity contribution in [1.29, 1.82) is 0 Å². The lowest BCUT2D eigenvalue weighted by molar-refractivity contribution is 0.0632. The number of nitrogens with one attached hydrogen (secondary N) is 1. The van der Waals surface area contributed by atoms with Gasteiger partial charge in [-0.15, -0.1) is 0 Å². The van der Waals surface area contributed by atoms with Gasteiger partial charge in [-0.1, -0.05) is 30.3 Å². The second-order valence-electron chi connectivity index (χ2n) is 8.29.